The second kappa shape index (κ2) is 8.73. The Bertz CT molecular complexity index is 714. The molecule has 0 saturated carbocycles. The standard InChI is InChI=1S/C18H23F3N4O/c1-4-15-14(16(5-2)26-25-15)11-24-17(22-3)23-10-12-6-8-13(9-7-12)18(19,20)21/h6-9H,4-5,10-11H2,1-3H3,(H2,22,23,24). The summed E-state index contributed by atoms with van der Waals surface area (Å²) in [6.07, 6.45) is -2.80. The number of hydrogen-bond donors (Lipinski definition) is 2. The quantitative estimate of drug-likeness (QED) is 0.603. The molecule has 8 heteroatoms. The first-order valence-corrected chi connectivity index (χ1v) is 8.45. The Balaban J connectivity index is 1.93. The number of benzene rings is 1. The summed E-state index contributed by atoms with van der Waals surface area (Å²) in [4.78, 5) is 4.13. The topological polar surface area (TPSA) is 62.5 Å². The maximum absolute atomic E-state index is 12.6. The number of alkyl halides is 3. The molecule has 2 rings (SSSR count). The van der Waals surface area contributed by atoms with Crippen molar-refractivity contribution in [3.05, 3.63) is 52.4 Å². The van der Waals surface area contributed by atoms with Crippen molar-refractivity contribution < 1.29 is 17.7 Å². The highest BCUT2D eigenvalue weighted by atomic mass is 19.4. The summed E-state index contributed by atoms with van der Waals surface area (Å²) >= 11 is 0. The number of aryl methyl sites for hydroxylation is 2. The van der Waals surface area contributed by atoms with Crippen LogP contribution >= 0.6 is 0 Å². The SMILES string of the molecule is CCc1noc(CC)c1CNC(=NC)NCc1ccc(C(F)(F)F)cc1. The zero-order valence-corrected chi connectivity index (χ0v) is 15.1. The number of hydrogen-bond acceptors (Lipinski definition) is 3. The van der Waals surface area contributed by atoms with Crippen molar-refractivity contribution in [3.8, 4) is 0 Å². The van der Waals surface area contributed by atoms with Crippen molar-refractivity contribution in [1.82, 2.24) is 15.8 Å². The fraction of sp³-hybridized carbons (Fsp3) is 0.444. The van der Waals surface area contributed by atoms with Crippen LogP contribution in [0.5, 0.6) is 0 Å². The lowest BCUT2D eigenvalue weighted by atomic mass is 10.1. The Hall–Kier alpha value is -2.51. The van der Waals surface area contributed by atoms with Gasteiger partial charge in [-0.3, -0.25) is 4.99 Å². The summed E-state index contributed by atoms with van der Waals surface area (Å²) in [5.74, 6) is 1.39. The van der Waals surface area contributed by atoms with Gasteiger partial charge >= 0.3 is 6.18 Å². The molecule has 0 fully saturated rings. The number of rotatable bonds is 6. The summed E-state index contributed by atoms with van der Waals surface area (Å²) in [5, 5.41) is 10.3. The molecule has 0 atom stereocenters. The summed E-state index contributed by atoms with van der Waals surface area (Å²) < 4.78 is 43.1. The van der Waals surface area contributed by atoms with Crippen LogP contribution in [0.4, 0.5) is 13.2 Å². The normalized spacial score (nSPS) is 12.3. The van der Waals surface area contributed by atoms with E-state index < -0.39 is 11.7 Å². The van der Waals surface area contributed by atoms with Gasteiger partial charge in [0.25, 0.3) is 0 Å². The number of halogens is 3. The van der Waals surface area contributed by atoms with Gasteiger partial charge in [-0.05, 0) is 24.1 Å². The van der Waals surface area contributed by atoms with Crippen LogP contribution in [0.25, 0.3) is 0 Å². The van der Waals surface area contributed by atoms with E-state index in [9.17, 15) is 13.2 Å². The lowest BCUT2D eigenvalue weighted by Crippen LogP contribution is -2.36. The summed E-state index contributed by atoms with van der Waals surface area (Å²) in [6, 6.07) is 5.05. The molecule has 1 aromatic carbocycles. The van der Waals surface area contributed by atoms with Gasteiger partial charge in [-0.25, -0.2) is 0 Å². The van der Waals surface area contributed by atoms with Gasteiger partial charge in [-0.1, -0.05) is 31.1 Å². The first kappa shape index (κ1) is 19.8. The van der Waals surface area contributed by atoms with Crippen LogP contribution < -0.4 is 10.6 Å². The van der Waals surface area contributed by atoms with Gasteiger partial charge < -0.3 is 15.2 Å². The molecule has 1 heterocycles. The number of guanidine groups is 1. The number of aliphatic imine (C=N–C) groups is 1. The number of aromatic nitrogens is 1. The minimum absolute atomic E-state index is 0.364. The van der Waals surface area contributed by atoms with Gasteiger partial charge in [0.05, 0.1) is 11.3 Å². The smallest absolute Gasteiger partial charge is 0.361 e. The van der Waals surface area contributed by atoms with Gasteiger partial charge in [0.15, 0.2) is 5.96 Å². The van der Waals surface area contributed by atoms with Crippen molar-refractivity contribution in [1.29, 1.82) is 0 Å². The van der Waals surface area contributed by atoms with Crippen molar-refractivity contribution in [2.45, 2.75) is 46.0 Å². The Morgan fingerprint density at radius 1 is 1.08 bits per heavy atom. The van der Waals surface area contributed by atoms with E-state index >= 15 is 0 Å². The largest absolute Gasteiger partial charge is 0.416 e. The second-order valence-corrected chi connectivity index (χ2v) is 5.71. The zero-order chi connectivity index (χ0) is 19.2. The van der Waals surface area contributed by atoms with E-state index in [-0.39, 0.29) is 0 Å². The Morgan fingerprint density at radius 3 is 2.27 bits per heavy atom. The van der Waals surface area contributed by atoms with Gasteiger partial charge in [0.1, 0.15) is 5.76 Å². The molecule has 0 aliphatic rings. The molecule has 0 amide bonds. The highest BCUT2D eigenvalue weighted by Gasteiger charge is 2.29. The van der Waals surface area contributed by atoms with Crippen LogP contribution in [0.2, 0.25) is 0 Å². The third kappa shape index (κ3) is 5.00. The summed E-state index contributed by atoms with van der Waals surface area (Å²) in [6.45, 7) is 4.89. The average Bonchev–Trinajstić information content (AvgIpc) is 3.03. The fourth-order valence-electron chi connectivity index (χ4n) is 2.53. The molecular formula is C18H23F3N4O. The second-order valence-electron chi connectivity index (χ2n) is 5.71. The average molecular weight is 368 g/mol. The predicted molar refractivity (Wildman–Crippen MR) is 93.7 cm³/mol. The Morgan fingerprint density at radius 2 is 1.73 bits per heavy atom. The molecule has 5 nitrogen and oxygen atoms in total. The number of nitrogens with zero attached hydrogens (tertiary/aromatic N) is 2. The molecule has 0 spiro atoms. The predicted octanol–water partition coefficient (Wildman–Crippen LogP) is 3.68. The van der Waals surface area contributed by atoms with E-state index in [1.165, 1.54) is 12.1 Å². The van der Waals surface area contributed by atoms with Gasteiger partial charge in [-0.15, -0.1) is 0 Å². The van der Waals surface area contributed by atoms with Crippen molar-refractivity contribution in [2.75, 3.05) is 7.05 Å². The molecule has 0 unspecified atom stereocenters. The monoisotopic (exact) mass is 368 g/mol. The lowest BCUT2D eigenvalue weighted by molar-refractivity contribution is -0.137. The molecular weight excluding hydrogens is 345 g/mol. The first-order valence-electron chi connectivity index (χ1n) is 8.45. The minimum Gasteiger partial charge on any atom is -0.361 e. The van der Waals surface area contributed by atoms with E-state index in [4.69, 9.17) is 4.52 Å². The van der Waals surface area contributed by atoms with Crippen LogP contribution in [0.3, 0.4) is 0 Å². The summed E-state index contributed by atoms with van der Waals surface area (Å²) in [5.41, 5.74) is 2.00. The molecule has 2 aromatic rings. The molecule has 0 aliphatic carbocycles. The third-order valence-electron chi connectivity index (χ3n) is 4.00. The molecule has 0 bridgehead atoms. The fourth-order valence-corrected chi connectivity index (χ4v) is 2.53. The van der Waals surface area contributed by atoms with Gasteiger partial charge in [-0.2, -0.15) is 13.2 Å². The van der Waals surface area contributed by atoms with Crippen molar-refractivity contribution >= 4 is 5.96 Å². The van der Waals surface area contributed by atoms with Crippen LogP contribution in [-0.4, -0.2) is 18.2 Å². The molecule has 0 saturated heterocycles. The lowest BCUT2D eigenvalue weighted by Gasteiger charge is -2.13. The third-order valence-corrected chi connectivity index (χ3v) is 4.00. The number of nitrogens with one attached hydrogen (secondary N) is 2. The Labute approximate surface area is 150 Å². The van der Waals surface area contributed by atoms with Crippen molar-refractivity contribution in [3.63, 3.8) is 0 Å². The van der Waals surface area contributed by atoms with Crippen LogP contribution in [0, 0.1) is 0 Å². The van der Waals surface area contributed by atoms with E-state index in [0.29, 0.717) is 19.0 Å². The van der Waals surface area contributed by atoms with Crippen LogP contribution in [-0.2, 0) is 32.1 Å². The minimum atomic E-state index is -4.32. The van der Waals surface area contributed by atoms with E-state index in [1.54, 1.807) is 7.05 Å². The zero-order valence-electron chi connectivity index (χ0n) is 15.1. The van der Waals surface area contributed by atoms with E-state index in [0.717, 1.165) is 47.6 Å². The van der Waals surface area contributed by atoms with E-state index in [2.05, 4.69) is 20.8 Å². The van der Waals surface area contributed by atoms with Crippen molar-refractivity contribution in [2.24, 2.45) is 4.99 Å². The first-order chi connectivity index (χ1) is 12.4. The van der Waals surface area contributed by atoms with Gasteiger partial charge in [0, 0.05) is 32.1 Å². The molecule has 0 radical (unpaired) electrons. The summed E-state index contributed by atoms with van der Waals surface area (Å²) in [7, 11) is 1.64. The Kier molecular flexibility index (Phi) is 6.65. The highest BCUT2D eigenvalue weighted by Crippen LogP contribution is 2.29. The van der Waals surface area contributed by atoms with Crippen LogP contribution in [0.1, 0.15) is 42.0 Å². The molecule has 2 N–H and O–H groups in total. The van der Waals surface area contributed by atoms with Gasteiger partial charge in [0.2, 0.25) is 0 Å². The van der Waals surface area contributed by atoms with Crippen LogP contribution in [0.15, 0.2) is 33.8 Å². The molecule has 0 aliphatic heterocycles. The maximum atomic E-state index is 12.6. The van der Waals surface area contributed by atoms with E-state index in [1.807, 2.05) is 13.8 Å². The molecule has 1 aromatic heterocycles. The molecule has 142 valence electrons. The molecule has 26 heavy (non-hydrogen) atoms. The maximum Gasteiger partial charge on any atom is 0.416 e. The highest BCUT2D eigenvalue weighted by molar-refractivity contribution is 5.79.